The fourth-order valence-electron chi connectivity index (χ4n) is 5.70. The summed E-state index contributed by atoms with van der Waals surface area (Å²) in [5.41, 5.74) is 1.70. The highest BCUT2D eigenvalue weighted by molar-refractivity contribution is 6.07. The number of hydrogen-bond acceptors (Lipinski definition) is 5. The smallest absolute Gasteiger partial charge is 0.392 e. The van der Waals surface area contributed by atoms with Crippen molar-refractivity contribution in [2.24, 2.45) is 10.9 Å². The highest BCUT2D eigenvalue weighted by Crippen LogP contribution is 2.41. The molecule has 2 fully saturated rings. The van der Waals surface area contributed by atoms with E-state index < -0.39 is 23.7 Å². The average Bonchev–Trinajstić information content (AvgIpc) is 3.12. The number of carbonyl (C=O) groups excluding carboxylic acids is 2. The van der Waals surface area contributed by atoms with Crippen LogP contribution in [0.5, 0.6) is 0 Å². The van der Waals surface area contributed by atoms with Crippen LogP contribution in [-0.4, -0.2) is 67.0 Å². The molecule has 1 atom stereocenters. The maximum absolute atomic E-state index is 13.1. The van der Waals surface area contributed by atoms with Gasteiger partial charge in [0.2, 0.25) is 0 Å². The summed E-state index contributed by atoms with van der Waals surface area (Å²) in [7, 11) is 0. The number of rotatable bonds is 8. The van der Waals surface area contributed by atoms with Crippen molar-refractivity contribution in [2.45, 2.75) is 70.1 Å². The Hall–Kier alpha value is -2.68. The highest BCUT2D eigenvalue weighted by Gasteiger charge is 2.50. The number of hydrogen-bond donors (Lipinski definition) is 1. The Morgan fingerprint density at radius 1 is 1.22 bits per heavy atom. The molecule has 6 nitrogen and oxygen atoms in total. The summed E-state index contributed by atoms with van der Waals surface area (Å²) in [4.78, 5) is 32.2. The maximum atomic E-state index is 13.1. The van der Waals surface area contributed by atoms with E-state index in [2.05, 4.69) is 27.3 Å². The second-order valence-corrected chi connectivity index (χ2v) is 10.4. The van der Waals surface area contributed by atoms with Crippen molar-refractivity contribution in [3.05, 3.63) is 47.0 Å². The van der Waals surface area contributed by atoms with Gasteiger partial charge in [0.15, 0.2) is 0 Å². The molecule has 4 rings (SSSR count). The van der Waals surface area contributed by atoms with Gasteiger partial charge in [-0.05, 0) is 57.6 Å². The number of nitrogens with one attached hydrogen (secondary N) is 1. The monoisotopic (exact) mass is 519 g/mol. The van der Waals surface area contributed by atoms with E-state index in [4.69, 9.17) is 4.74 Å². The second kappa shape index (κ2) is 11.8. The van der Waals surface area contributed by atoms with Crippen molar-refractivity contribution in [3.63, 3.8) is 0 Å². The number of ether oxygens (including phenoxy) is 1. The molecule has 202 valence electrons. The minimum atomic E-state index is -4.19. The Morgan fingerprint density at radius 3 is 2.65 bits per heavy atom. The Morgan fingerprint density at radius 2 is 1.95 bits per heavy atom. The van der Waals surface area contributed by atoms with Crippen LogP contribution in [-0.2, 0) is 20.7 Å². The number of benzene rings is 1. The second-order valence-electron chi connectivity index (χ2n) is 10.4. The molecule has 3 aliphatic rings. The molecule has 9 heteroatoms. The largest absolute Gasteiger partial charge is 0.450 e. The van der Waals surface area contributed by atoms with Crippen LogP contribution in [0.15, 0.2) is 46.5 Å². The summed E-state index contributed by atoms with van der Waals surface area (Å²) >= 11 is 0. The fourth-order valence-corrected chi connectivity index (χ4v) is 5.70. The molecule has 1 saturated carbocycles. The zero-order chi connectivity index (χ0) is 26.5. The van der Waals surface area contributed by atoms with E-state index in [1.165, 1.54) is 5.56 Å². The van der Waals surface area contributed by atoms with Crippen LogP contribution in [0.1, 0.15) is 57.4 Å². The number of aryl methyl sites for hydroxylation is 1. The van der Waals surface area contributed by atoms with Crippen molar-refractivity contribution in [3.8, 4) is 0 Å². The molecule has 0 aromatic heterocycles. The first-order chi connectivity index (χ1) is 17.7. The molecule has 1 aliphatic carbocycles. The van der Waals surface area contributed by atoms with E-state index in [-0.39, 0.29) is 31.8 Å². The van der Waals surface area contributed by atoms with Crippen LogP contribution < -0.4 is 5.32 Å². The number of piperidine rings is 1. The predicted octanol–water partition coefficient (Wildman–Crippen LogP) is 4.64. The van der Waals surface area contributed by atoms with Gasteiger partial charge in [0, 0.05) is 43.8 Å². The lowest BCUT2D eigenvalue weighted by atomic mass is 9.82. The topological polar surface area (TPSA) is 71.0 Å². The van der Waals surface area contributed by atoms with Gasteiger partial charge in [0.05, 0.1) is 18.0 Å². The van der Waals surface area contributed by atoms with Crippen molar-refractivity contribution in [1.29, 1.82) is 0 Å². The molecular formula is C28H36F3N3O3. The van der Waals surface area contributed by atoms with Crippen molar-refractivity contribution >= 4 is 17.6 Å². The number of nitrogens with zero attached hydrogens (tertiary/aromatic N) is 2. The van der Waals surface area contributed by atoms with Gasteiger partial charge in [0.25, 0.3) is 5.91 Å². The molecule has 37 heavy (non-hydrogen) atoms. The molecule has 1 spiro atoms. The van der Waals surface area contributed by atoms with E-state index >= 15 is 0 Å². The molecule has 1 aromatic carbocycles. The van der Waals surface area contributed by atoms with Crippen molar-refractivity contribution < 1.29 is 27.5 Å². The molecule has 2 aliphatic heterocycles. The summed E-state index contributed by atoms with van der Waals surface area (Å²) in [6.07, 6.45) is 0.0975. The lowest BCUT2D eigenvalue weighted by molar-refractivity contribution is -0.175. The first kappa shape index (κ1) is 27.4. The number of alkyl halides is 3. The van der Waals surface area contributed by atoms with Crippen molar-refractivity contribution in [1.82, 2.24) is 10.2 Å². The summed E-state index contributed by atoms with van der Waals surface area (Å²) in [6.45, 7) is 4.46. The van der Waals surface area contributed by atoms with E-state index in [0.29, 0.717) is 42.5 Å². The Labute approximate surface area is 216 Å². The van der Waals surface area contributed by atoms with Crippen LogP contribution >= 0.6 is 0 Å². The van der Waals surface area contributed by atoms with E-state index in [9.17, 15) is 22.8 Å². The molecule has 1 N–H and O–H groups in total. The standard InChI is InChI=1S/C28H36F3N3O3/c1-20-24(25(35)33-15-14-32-23-11-5-10-22(19-23)28(29,30)31)27(37-26(20)36)12-17-34(18-13-27)16-6-9-21-7-3-2-4-8-21/h2-4,7-8,22H,5-6,9-19H2,1H3,(H,33,35). The molecule has 0 bridgehead atoms. The predicted molar refractivity (Wildman–Crippen MR) is 135 cm³/mol. The molecule has 2 heterocycles. The first-order valence-corrected chi connectivity index (χ1v) is 13.3. The van der Waals surface area contributed by atoms with Gasteiger partial charge >= 0.3 is 12.1 Å². The average molecular weight is 520 g/mol. The molecule has 0 radical (unpaired) electrons. The fraction of sp³-hybridized carbons (Fsp3) is 0.607. The van der Waals surface area contributed by atoms with Crippen LogP contribution in [0, 0.1) is 5.92 Å². The van der Waals surface area contributed by atoms with Gasteiger partial charge in [-0.1, -0.05) is 30.3 Å². The van der Waals surface area contributed by atoms with Crippen LogP contribution in [0.3, 0.4) is 0 Å². The lowest BCUT2D eigenvalue weighted by Crippen LogP contribution is -2.49. The Balaban J connectivity index is 1.27. The third-order valence-corrected chi connectivity index (χ3v) is 7.79. The van der Waals surface area contributed by atoms with Crippen LogP contribution in [0.4, 0.5) is 13.2 Å². The summed E-state index contributed by atoms with van der Waals surface area (Å²) in [5.74, 6) is -2.13. The molecular weight excluding hydrogens is 483 g/mol. The zero-order valence-electron chi connectivity index (χ0n) is 21.4. The van der Waals surface area contributed by atoms with Gasteiger partial charge in [-0.25, -0.2) is 4.79 Å². The van der Waals surface area contributed by atoms with Gasteiger partial charge in [-0.3, -0.25) is 9.79 Å². The van der Waals surface area contributed by atoms with Gasteiger partial charge in [-0.2, -0.15) is 13.2 Å². The summed E-state index contributed by atoms with van der Waals surface area (Å²) in [5, 5.41) is 2.82. The quantitative estimate of drug-likeness (QED) is 0.402. The highest BCUT2D eigenvalue weighted by atomic mass is 19.4. The SMILES string of the molecule is CC1=C(C(=O)NCCN=C2CCCC(C(F)(F)F)C2)C2(CCN(CCCc3ccccc3)CC2)OC1=O. The third-order valence-electron chi connectivity index (χ3n) is 7.79. The minimum absolute atomic E-state index is 0.0605. The summed E-state index contributed by atoms with van der Waals surface area (Å²) < 4.78 is 44.8. The molecule has 1 saturated heterocycles. The van der Waals surface area contributed by atoms with E-state index in [1.54, 1.807) is 6.92 Å². The Bertz CT molecular complexity index is 1030. The van der Waals surface area contributed by atoms with E-state index in [1.807, 2.05) is 18.2 Å². The maximum Gasteiger partial charge on any atom is 0.392 e. The number of halogens is 3. The summed E-state index contributed by atoms with van der Waals surface area (Å²) in [6, 6.07) is 10.4. The Kier molecular flexibility index (Phi) is 8.72. The van der Waals surface area contributed by atoms with Gasteiger partial charge in [-0.15, -0.1) is 0 Å². The molecule has 1 unspecified atom stereocenters. The van der Waals surface area contributed by atoms with Crippen LogP contribution in [0.2, 0.25) is 0 Å². The lowest BCUT2D eigenvalue weighted by Gasteiger charge is -2.39. The number of amides is 1. The van der Waals surface area contributed by atoms with Gasteiger partial charge in [0.1, 0.15) is 5.60 Å². The molecule has 1 aromatic rings. The normalized spacial score (nSPS) is 23.5. The minimum Gasteiger partial charge on any atom is -0.450 e. The number of esters is 1. The third kappa shape index (κ3) is 6.80. The number of carbonyl (C=O) groups is 2. The molecule has 1 amide bonds. The number of likely N-dealkylation sites (tertiary alicyclic amines) is 1. The zero-order valence-corrected chi connectivity index (χ0v) is 21.4. The first-order valence-electron chi connectivity index (χ1n) is 13.3. The van der Waals surface area contributed by atoms with Crippen LogP contribution in [0.25, 0.3) is 0 Å². The van der Waals surface area contributed by atoms with E-state index in [0.717, 1.165) is 32.5 Å². The number of aliphatic imine (C=N–C) groups is 1. The van der Waals surface area contributed by atoms with Crippen molar-refractivity contribution in [2.75, 3.05) is 32.7 Å². The van der Waals surface area contributed by atoms with Gasteiger partial charge < -0.3 is 15.0 Å².